The molecule has 0 saturated carbocycles. The highest BCUT2D eigenvalue weighted by atomic mass is 32.1. The second kappa shape index (κ2) is 8.23. The van der Waals surface area contributed by atoms with Crippen molar-refractivity contribution in [3.8, 4) is 0 Å². The zero-order valence-corrected chi connectivity index (χ0v) is 16.3. The van der Waals surface area contributed by atoms with Crippen molar-refractivity contribution in [2.24, 2.45) is 0 Å². The molecule has 1 aromatic carbocycles. The number of aromatic nitrogens is 1. The number of rotatable bonds is 5. The Morgan fingerprint density at radius 3 is 3.04 bits per heavy atom. The Kier molecular flexibility index (Phi) is 5.70. The van der Waals surface area contributed by atoms with Crippen LogP contribution < -0.4 is 5.32 Å². The molecule has 1 aromatic heterocycles. The maximum Gasteiger partial charge on any atom is 0.270 e. The van der Waals surface area contributed by atoms with Crippen molar-refractivity contribution in [3.05, 3.63) is 52.0 Å². The summed E-state index contributed by atoms with van der Waals surface area (Å²) in [6, 6.07) is 4.06. The van der Waals surface area contributed by atoms with Crippen LogP contribution in [0, 0.1) is 11.6 Å². The molecule has 28 heavy (non-hydrogen) atoms. The van der Waals surface area contributed by atoms with E-state index in [4.69, 9.17) is 4.74 Å². The van der Waals surface area contributed by atoms with E-state index in [0.717, 1.165) is 44.3 Å². The molecule has 3 heterocycles. The Bertz CT molecular complexity index is 833. The number of thiazole rings is 1. The number of nitrogens with zero attached hydrogens (tertiary/aromatic N) is 2. The summed E-state index contributed by atoms with van der Waals surface area (Å²) in [4.78, 5) is 18.3. The van der Waals surface area contributed by atoms with Gasteiger partial charge in [0.15, 0.2) is 11.6 Å². The molecule has 4 rings (SSSR count). The highest BCUT2D eigenvalue weighted by Crippen LogP contribution is 2.37. The van der Waals surface area contributed by atoms with Crippen molar-refractivity contribution in [3.63, 3.8) is 0 Å². The molecule has 0 aliphatic carbocycles. The molecule has 150 valence electrons. The quantitative estimate of drug-likeness (QED) is 0.826. The van der Waals surface area contributed by atoms with Gasteiger partial charge in [-0.2, -0.15) is 0 Å². The molecule has 0 bridgehead atoms. The lowest BCUT2D eigenvalue weighted by Gasteiger charge is -2.39. The highest BCUT2D eigenvalue weighted by Gasteiger charge is 2.42. The zero-order valence-electron chi connectivity index (χ0n) is 15.5. The van der Waals surface area contributed by atoms with Gasteiger partial charge in [0.25, 0.3) is 5.91 Å². The van der Waals surface area contributed by atoms with E-state index in [2.05, 4.69) is 15.2 Å². The van der Waals surface area contributed by atoms with E-state index in [1.165, 1.54) is 23.5 Å². The van der Waals surface area contributed by atoms with Gasteiger partial charge in [-0.1, -0.05) is 6.07 Å². The first-order chi connectivity index (χ1) is 13.5. The first-order valence-electron chi connectivity index (χ1n) is 9.53. The Morgan fingerprint density at radius 1 is 1.36 bits per heavy atom. The van der Waals surface area contributed by atoms with Gasteiger partial charge in [0, 0.05) is 31.6 Å². The molecule has 1 N–H and O–H groups in total. The van der Waals surface area contributed by atoms with Crippen LogP contribution in [0.15, 0.2) is 29.1 Å². The third kappa shape index (κ3) is 4.39. The van der Waals surface area contributed by atoms with Gasteiger partial charge in [-0.3, -0.25) is 9.69 Å². The topological polar surface area (TPSA) is 54.5 Å². The number of halogens is 2. The number of carbonyl (C=O) groups excluding carboxylic acids is 1. The molecule has 8 heteroatoms. The Hall–Kier alpha value is -1.90. The van der Waals surface area contributed by atoms with Gasteiger partial charge in [-0.25, -0.2) is 13.8 Å². The fourth-order valence-corrected chi connectivity index (χ4v) is 4.68. The summed E-state index contributed by atoms with van der Waals surface area (Å²) in [5, 5.41) is 4.64. The van der Waals surface area contributed by atoms with Crippen molar-refractivity contribution in [1.82, 2.24) is 15.2 Å². The van der Waals surface area contributed by atoms with Crippen LogP contribution in [0.1, 0.15) is 41.7 Å². The summed E-state index contributed by atoms with van der Waals surface area (Å²) in [5.74, 6) is -1.80. The lowest BCUT2D eigenvalue weighted by atomic mass is 9.90. The molecular weight excluding hydrogens is 384 g/mol. The molecule has 0 radical (unpaired) electrons. The molecule has 2 fully saturated rings. The predicted molar refractivity (Wildman–Crippen MR) is 102 cm³/mol. The number of benzene rings is 1. The minimum Gasteiger partial charge on any atom is -0.369 e. The van der Waals surface area contributed by atoms with E-state index in [1.54, 1.807) is 17.0 Å². The molecule has 0 unspecified atom stereocenters. The normalized spacial score (nSPS) is 25.3. The molecule has 2 aliphatic rings. The minimum atomic E-state index is -0.820. The molecule has 2 atom stereocenters. The largest absolute Gasteiger partial charge is 0.369 e. The molecule has 1 amide bonds. The van der Waals surface area contributed by atoms with Crippen LogP contribution in [0.5, 0.6) is 0 Å². The SMILES string of the molecule is O=C(NC[C@H]1CCC[C@]2(CCN(Cc3ccc(F)c(F)c3)C2)O1)c1cscn1. The summed E-state index contributed by atoms with van der Waals surface area (Å²) in [5.41, 5.74) is 2.63. The van der Waals surface area contributed by atoms with E-state index < -0.39 is 11.6 Å². The van der Waals surface area contributed by atoms with Gasteiger partial charge in [-0.05, 0) is 43.4 Å². The second-order valence-corrected chi connectivity index (χ2v) is 8.33. The number of likely N-dealkylation sites (tertiary alicyclic amines) is 1. The number of nitrogens with one attached hydrogen (secondary N) is 1. The third-order valence-corrected chi connectivity index (χ3v) is 6.10. The average molecular weight is 407 g/mol. The van der Waals surface area contributed by atoms with Crippen LogP contribution >= 0.6 is 11.3 Å². The fraction of sp³-hybridized carbons (Fsp3) is 0.500. The van der Waals surface area contributed by atoms with E-state index >= 15 is 0 Å². The maximum atomic E-state index is 13.4. The van der Waals surface area contributed by atoms with Gasteiger partial charge in [0.2, 0.25) is 0 Å². The summed E-state index contributed by atoms with van der Waals surface area (Å²) in [7, 11) is 0. The van der Waals surface area contributed by atoms with Crippen LogP contribution in [0.25, 0.3) is 0 Å². The average Bonchev–Trinajstić information content (AvgIpc) is 3.34. The van der Waals surface area contributed by atoms with Crippen LogP contribution in [-0.4, -0.2) is 47.1 Å². The highest BCUT2D eigenvalue weighted by molar-refractivity contribution is 7.07. The van der Waals surface area contributed by atoms with Crippen molar-refractivity contribution in [2.75, 3.05) is 19.6 Å². The molecule has 2 aromatic rings. The van der Waals surface area contributed by atoms with Gasteiger partial charge in [-0.15, -0.1) is 11.3 Å². The molecule has 2 aliphatic heterocycles. The standard InChI is InChI=1S/C20H23F2N3O2S/c21-16-4-3-14(8-17(16)22)10-25-7-6-20(12-25)5-1-2-15(27-20)9-23-19(26)18-11-28-13-24-18/h3-4,8,11,13,15H,1-2,5-7,9-10,12H2,(H,23,26)/t15-,20-/m1/s1. The van der Waals surface area contributed by atoms with Gasteiger partial charge in [0.1, 0.15) is 5.69 Å². The van der Waals surface area contributed by atoms with Crippen molar-refractivity contribution >= 4 is 17.2 Å². The molecular formula is C20H23F2N3O2S. The Morgan fingerprint density at radius 2 is 2.25 bits per heavy atom. The number of amides is 1. The van der Waals surface area contributed by atoms with Crippen LogP contribution in [0.3, 0.4) is 0 Å². The van der Waals surface area contributed by atoms with E-state index in [9.17, 15) is 13.6 Å². The first-order valence-corrected chi connectivity index (χ1v) is 10.5. The maximum absolute atomic E-state index is 13.4. The van der Waals surface area contributed by atoms with Crippen molar-refractivity contribution in [2.45, 2.75) is 43.9 Å². The lowest BCUT2D eigenvalue weighted by molar-refractivity contribution is -0.118. The number of carbonyl (C=O) groups is 1. The van der Waals surface area contributed by atoms with Crippen molar-refractivity contribution < 1.29 is 18.3 Å². The van der Waals surface area contributed by atoms with Crippen LogP contribution in [0.4, 0.5) is 8.78 Å². The van der Waals surface area contributed by atoms with Crippen molar-refractivity contribution in [1.29, 1.82) is 0 Å². The summed E-state index contributed by atoms with van der Waals surface area (Å²) >= 11 is 1.39. The Labute approximate surface area is 166 Å². The minimum absolute atomic E-state index is 0.0143. The smallest absolute Gasteiger partial charge is 0.270 e. The monoisotopic (exact) mass is 407 g/mol. The van der Waals surface area contributed by atoms with Gasteiger partial charge in [0.05, 0.1) is 17.2 Å². The zero-order chi connectivity index (χ0) is 19.6. The predicted octanol–water partition coefficient (Wildman–Crippen LogP) is 3.36. The number of hydrogen-bond acceptors (Lipinski definition) is 5. The summed E-state index contributed by atoms with van der Waals surface area (Å²) in [6.07, 6.45) is 3.85. The number of hydrogen-bond donors (Lipinski definition) is 1. The van der Waals surface area contributed by atoms with Crippen LogP contribution in [0.2, 0.25) is 0 Å². The van der Waals surface area contributed by atoms with E-state index in [0.29, 0.717) is 18.8 Å². The molecule has 2 saturated heterocycles. The first kappa shape index (κ1) is 19.4. The molecule has 5 nitrogen and oxygen atoms in total. The van der Waals surface area contributed by atoms with Crippen LogP contribution in [-0.2, 0) is 11.3 Å². The lowest BCUT2D eigenvalue weighted by Crippen LogP contribution is -2.46. The summed E-state index contributed by atoms with van der Waals surface area (Å²) < 4.78 is 33.0. The molecule has 1 spiro atoms. The van der Waals surface area contributed by atoms with E-state index in [-0.39, 0.29) is 17.6 Å². The summed E-state index contributed by atoms with van der Waals surface area (Å²) in [6.45, 7) is 2.67. The van der Waals surface area contributed by atoms with Gasteiger partial charge < -0.3 is 10.1 Å². The second-order valence-electron chi connectivity index (χ2n) is 7.61. The Balaban J connectivity index is 1.31. The van der Waals surface area contributed by atoms with Gasteiger partial charge >= 0.3 is 0 Å². The fourth-order valence-electron chi connectivity index (χ4n) is 4.15. The number of ether oxygens (including phenoxy) is 1. The third-order valence-electron chi connectivity index (χ3n) is 5.52. The van der Waals surface area contributed by atoms with E-state index in [1.807, 2.05) is 0 Å².